The summed E-state index contributed by atoms with van der Waals surface area (Å²) in [5, 5.41) is 0. The minimum Gasteiger partial charge on any atom is -0.491 e. The fourth-order valence-electron chi connectivity index (χ4n) is 1.66. The fourth-order valence-corrected chi connectivity index (χ4v) is 3.17. The highest BCUT2D eigenvalue weighted by atomic mass is 79.9. The molecule has 108 valence electrons. The Morgan fingerprint density at radius 1 is 1.16 bits per heavy atom. The monoisotopic (exact) mass is 391 g/mol. The van der Waals surface area contributed by atoms with Crippen LogP contribution in [0.25, 0.3) is 0 Å². The molecule has 0 saturated heterocycles. The first-order chi connectivity index (χ1) is 8.97. The van der Waals surface area contributed by atoms with E-state index in [0.29, 0.717) is 5.92 Å². The maximum absolute atomic E-state index is 6.00. The zero-order valence-electron chi connectivity index (χ0n) is 11.9. The molecule has 0 fully saturated rings. The number of hydrogen-bond acceptors (Lipinski definition) is 2. The lowest BCUT2D eigenvalue weighted by Gasteiger charge is -2.16. The fraction of sp³-hybridized carbons (Fsp3) is 0.600. The summed E-state index contributed by atoms with van der Waals surface area (Å²) >= 11 is 7.17. The van der Waals surface area contributed by atoms with Crippen LogP contribution in [0.5, 0.6) is 5.75 Å². The van der Waals surface area contributed by atoms with Gasteiger partial charge in [0.2, 0.25) is 0 Å². The molecule has 1 rings (SSSR count). The highest BCUT2D eigenvalue weighted by molar-refractivity contribution is 9.11. The Labute approximate surface area is 133 Å². The Hall–Kier alpha value is -0.0600. The van der Waals surface area contributed by atoms with Crippen LogP contribution in [0.2, 0.25) is 0 Å². The van der Waals surface area contributed by atoms with Crippen LogP contribution >= 0.6 is 31.9 Å². The summed E-state index contributed by atoms with van der Waals surface area (Å²) in [5.74, 6) is 1.45. The summed E-state index contributed by atoms with van der Waals surface area (Å²) in [6, 6.07) is 4.42. The number of nitrogens with two attached hydrogens (primary N) is 1. The molecule has 0 aliphatic rings. The maximum Gasteiger partial charge on any atom is 0.147 e. The Morgan fingerprint density at radius 3 is 2.21 bits per heavy atom. The summed E-state index contributed by atoms with van der Waals surface area (Å²) < 4.78 is 7.86. The molecule has 19 heavy (non-hydrogen) atoms. The molecule has 1 aromatic rings. The van der Waals surface area contributed by atoms with E-state index in [9.17, 15) is 0 Å². The number of ether oxygens (including phenoxy) is 1. The van der Waals surface area contributed by atoms with E-state index >= 15 is 0 Å². The standard InChI is InChI=1S/C15H23Br2NO/c1-4-10(3)9-19-15-13(16)7-11(8-14(15)17)6-12(18)5-2/h7-8,10,12H,4-6,9,18H2,1-3H3. The largest absolute Gasteiger partial charge is 0.491 e. The summed E-state index contributed by atoms with van der Waals surface area (Å²) in [6.07, 6.45) is 3.00. The van der Waals surface area contributed by atoms with Gasteiger partial charge >= 0.3 is 0 Å². The van der Waals surface area contributed by atoms with Crippen LogP contribution < -0.4 is 10.5 Å². The van der Waals surface area contributed by atoms with Crippen LogP contribution in [0.1, 0.15) is 39.2 Å². The molecular formula is C15H23Br2NO. The lowest BCUT2D eigenvalue weighted by Crippen LogP contribution is -2.21. The van der Waals surface area contributed by atoms with Crippen LogP contribution in [-0.4, -0.2) is 12.6 Å². The van der Waals surface area contributed by atoms with Gasteiger partial charge in [-0.05, 0) is 68.3 Å². The molecule has 0 amide bonds. The van der Waals surface area contributed by atoms with Crippen molar-refractivity contribution in [2.24, 2.45) is 11.7 Å². The van der Waals surface area contributed by atoms with Gasteiger partial charge in [-0.2, -0.15) is 0 Å². The van der Waals surface area contributed by atoms with E-state index in [0.717, 1.165) is 40.6 Å². The molecule has 2 unspecified atom stereocenters. The van der Waals surface area contributed by atoms with Crippen molar-refractivity contribution in [2.45, 2.75) is 46.1 Å². The SMILES string of the molecule is CCC(C)COc1c(Br)cc(CC(N)CC)cc1Br. The van der Waals surface area contributed by atoms with Crippen LogP contribution in [0.3, 0.4) is 0 Å². The summed E-state index contributed by atoms with van der Waals surface area (Å²) in [6.45, 7) is 7.21. The third kappa shape index (κ3) is 5.44. The van der Waals surface area contributed by atoms with Gasteiger partial charge in [0.15, 0.2) is 0 Å². The van der Waals surface area contributed by atoms with E-state index in [-0.39, 0.29) is 6.04 Å². The predicted octanol–water partition coefficient (Wildman–Crippen LogP) is 4.92. The third-order valence-electron chi connectivity index (χ3n) is 3.29. The van der Waals surface area contributed by atoms with Crippen molar-refractivity contribution in [1.29, 1.82) is 0 Å². The second kappa shape index (κ2) is 8.28. The van der Waals surface area contributed by atoms with E-state index in [1.165, 1.54) is 5.56 Å². The molecule has 0 aliphatic heterocycles. The molecule has 0 radical (unpaired) electrons. The Morgan fingerprint density at radius 2 is 1.74 bits per heavy atom. The maximum atomic E-state index is 6.00. The molecule has 0 aromatic heterocycles. The van der Waals surface area contributed by atoms with Gasteiger partial charge in [0.1, 0.15) is 5.75 Å². The minimum absolute atomic E-state index is 0.214. The van der Waals surface area contributed by atoms with Crippen molar-refractivity contribution in [2.75, 3.05) is 6.61 Å². The normalized spacial score (nSPS) is 14.2. The van der Waals surface area contributed by atoms with Crippen molar-refractivity contribution < 1.29 is 4.74 Å². The average Bonchev–Trinajstić information content (AvgIpc) is 2.37. The van der Waals surface area contributed by atoms with Crippen molar-refractivity contribution in [3.63, 3.8) is 0 Å². The Kier molecular flexibility index (Phi) is 7.40. The molecule has 1 aromatic carbocycles. The molecule has 0 spiro atoms. The van der Waals surface area contributed by atoms with E-state index in [4.69, 9.17) is 10.5 Å². The van der Waals surface area contributed by atoms with Crippen LogP contribution in [-0.2, 0) is 6.42 Å². The number of halogens is 2. The second-order valence-electron chi connectivity index (χ2n) is 5.09. The van der Waals surface area contributed by atoms with Gasteiger partial charge in [0.05, 0.1) is 15.6 Å². The topological polar surface area (TPSA) is 35.2 Å². The molecule has 4 heteroatoms. The first kappa shape index (κ1) is 17.0. The lowest BCUT2D eigenvalue weighted by molar-refractivity contribution is 0.253. The first-order valence-corrected chi connectivity index (χ1v) is 8.42. The molecular weight excluding hydrogens is 370 g/mol. The van der Waals surface area contributed by atoms with Gasteiger partial charge in [0.25, 0.3) is 0 Å². The van der Waals surface area contributed by atoms with Gasteiger partial charge < -0.3 is 10.5 Å². The zero-order chi connectivity index (χ0) is 14.4. The summed E-state index contributed by atoms with van der Waals surface area (Å²) in [5.41, 5.74) is 7.22. The van der Waals surface area contributed by atoms with Gasteiger partial charge in [-0.25, -0.2) is 0 Å². The quantitative estimate of drug-likeness (QED) is 0.714. The third-order valence-corrected chi connectivity index (χ3v) is 4.47. The van der Waals surface area contributed by atoms with Crippen LogP contribution in [0.4, 0.5) is 0 Å². The average molecular weight is 393 g/mol. The van der Waals surface area contributed by atoms with Crippen molar-refractivity contribution >= 4 is 31.9 Å². The molecule has 2 N–H and O–H groups in total. The van der Waals surface area contributed by atoms with Crippen LogP contribution in [0.15, 0.2) is 21.1 Å². The van der Waals surface area contributed by atoms with E-state index < -0.39 is 0 Å². The minimum atomic E-state index is 0.214. The summed E-state index contributed by atoms with van der Waals surface area (Å²) in [7, 11) is 0. The van der Waals surface area contributed by atoms with Gasteiger partial charge in [0, 0.05) is 6.04 Å². The van der Waals surface area contributed by atoms with E-state index in [2.05, 4.69) is 64.8 Å². The lowest BCUT2D eigenvalue weighted by atomic mass is 10.0. The molecule has 0 heterocycles. The summed E-state index contributed by atoms with van der Waals surface area (Å²) in [4.78, 5) is 0. The highest BCUT2D eigenvalue weighted by Crippen LogP contribution is 2.35. The van der Waals surface area contributed by atoms with Gasteiger partial charge in [-0.1, -0.05) is 27.2 Å². The molecule has 0 saturated carbocycles. The molecule has 2 atom stereocenters. The number of benzene rings is 1. The Balaban J connectivity index is 2.79. The second-order valence-corrected chi connectivity index (χ2v) is 6.79. The molecule has 0 aliphatic carbocycles. The van der Waals surface area contributed by atoms with Crippen molar-refractivity contribution in [3.8, 4) is 5.75 Å². The van der Waals surface area contributed by atoms with Gasteiger partial charge in [-0.3, -0.25) is 0 Å². The number of rotatable bonds is 7. The number of hydrogen-bond donors (Lipinski definition) is 1. The predicted molar refractivity (Wildman–Crippen MR) is 88.8 cm³/mol. The van der Waals surface area contributed by atoms with Gasteiger partial charge in [-0.15, -0.1) is 0 Å². The smallest absolute Gasteiger partial charge is 0.147 e. The van der Waals surface area contributed by atoms with Crippen molar-refractivity contribution in [1.82, 2.24) is 0 Å². The Bertz CT molecular complexity index is 386. The molecule has 0 bridgehead atoms. The zero-order valence-corrected chi connectivity index (χ0v) is 15.1. The first-order valence-electron chi connectivity index (χ1n) is 6.84. The molecule has 2 nitrogen and oxygen atoms in total. The van der Waals surface area contributed by atoms with E-state index in [1.807, 2.05) is 0 Å². The highest BCUT2D eigenvalue weighted by Gasteiger charge is 2.12. The van der Waals surface area contributed by atoms with Crippen LogP contribution in [0, 0.1) is 5.92 Å². The van der Waals surface area contributed by atoms with Crippen molar-refractivity contribution in [3.05, 3.63) is 26.6 Å². The van der Waals surface area contributed by atoms with E-state index in [1.54, 1.807) is 0 Å².